The first-order valence-electron chi connectivity index (χ1n) is 6.80. The molecule has 0 radical (unpaired) electrons. The molecule has 0 saturated heterocycles. The maximum absolute atomic E-state index is 12.5. The number of hydrogen-bond donors (Lipinski definition) is 2. The van der Waals surface area contributed by atoms with Gasteiger partial charge >= 0.3 is 6.18 Å². The summed E-state index contributed by atoms with van der Waals surface area (Å²) in [6, 6.07) is 11.6. The van der Waals surface area contributed by atoms with Crippen molar-refractivity contribution in [1.29, 1.82) is 5.26 Å². The quantitative estimate of drug-likeness (QED) is 0.429. The number of hydrogen-bond acceptors (Lipinski definition) is 3. The van der Waals surface area contributed by atoms with E-state index in [4.69, 9.17) is 5.26 Å². The minimum absolute atomic E-state index is 0.0642. The van der Waals surface area contributed by atoms with Gasteiger partial charge in [0.2, 0.25) is 0 Å². The standard InChI is InChI=1S/C17H10BrF3N2O2/c18-12-5-1-10(2-6-12)15(24)14(9-22)16(25)23-13-7-3-11(4-8-13)17(19,20)21/h1-8,24H,(H,23,25)/b15-14-. The number of alkyl halides is 3. The molecule has 1 amide bonds. The van der Waals surface area contributed by atoms with Crippen LogP contribution in [0.1, 0.15) is 11.1 Å². The van der Waals surface area contributed by atoms with Crippen molar-refractivity contribution in [3.8, 4) is 6.07 Å². The highest BCUT2D eigenvalue weighted by molar-refractivity contribution is 9.10. The van der Waals surface area contributed by atoms with E-state index in [1.165, 1.54) is 12.1 Å². The van der Waals surface area contributed by atoms with E-state index in [2.05, 4.69) is 21.2 Å². The van der Waals surface area contributed by atoms with Crippen molar-refractivity contribution in [2.24, 2.45) is 0 Å². The molecule has 2 N–H and O–H groups in total. The number of aliphatic hydroxyl groups is 1. The monoisotopic (exact) mass is 410 g/mol. The molecular weight excluding hydrogens is 401 g/mol. The molecule has 2 aromatic rings. The number of nitriles is 1. The van der Waals surface area contributed by atoms with Crippen LogP contribution in [0, 0.1) is 11.3 Å². The number of aliphatic hydroxyl groups excluding tert-OH is 1. The first kappa shape index (κ1) is 18.5. The lowest BCUT2D eigenvalue weighted by atomic mass is 10.1. The fraction of sp³-hybridized carbons (Fsp3) is 0.0588. The second-order valence-electron chi connectivity index (χ2n) is 4.87. The Morgan fingerprint density at radius 2 is 1.64 bits per heavy atom. The van der Waals surface area contributed by atoms with E-state index in [9.17, 15) is 23.1 Å². The molecular formula is C17H10BrF3N2O2. The third-order valence-electron chi connectivity index (χ3n) is 3.16. The molecule has 0 fully saturated rings. The van der Waals surface area contributed by atoms with Crippen LogP contribution in [0.3, 0.4) is 0 Å². The van der Waals surface area contributed by atoms with Gasteiger partial charge < -0.3 is 10.4 Å². The van der Waals surface area contributed by atoms with Crippen LogP contribution in [0.25, 0.3) is 5.76 Å². The molecule has 0 spiro atoms. The van der Waals surface area contributed by atoms with E-state index in [-0.39, 0.29) is 11.3 Å². The summed E-state index contributed by atoms with van der Waals surface area (Å²) in [4.78, 5) is 12.1. The zero-order valence-corrected chi connectivity index (χ0v) is 14.0. The molecule has 25 heavy (non-hydrogen) atoms. The van der Waals surface area contributed by atoms with Gasteiger partial charge in [-0.05, 0) is 36.4 Å². The average molecular weight is 411 g/mol. The normalized spacial score (nSPS) is 12.1. The Hall–Kier alpha value is -2.79. The third kappa shape index (κ3) is 4.61. The number of carbonyl (C=O) groups is 1. The number of carbonyl (C=O) groups excluding carboxylic acids is 1. The van der Waals surface area contributed by atoms with Crippen LogP contribution in [-0.2, 0) is 11.0 Å². The van der Waals surface area contributed by atoms with Gasteiger partial charge in [-0.2, -0.15) is 18.4 Å². The van der Waals surface area contributed by atoms with Crippen molar-refractivity contribution in [3.63, 3.8) is 0 Å². The van der Waals surface area contributed by atoms with Crippen molar-refractivity contribution in [3.05, 3.63) is 69.7 Å². The highest BCUT2D eigenvalue weighted by atomic mass is 79.9. The minimum atomic E-state index is -4.49. The Bertz CT molecular complexity index is 851. The van der Waals surface area contributed by atoms with E-state index in [0.29, 0.717) is 0 Å². The van der Waals surface area contributed by atoms with Crippen LogP contribution in [0.5, 0.6) is 0 Å². The molecule has 0 heterocycles. The van der Waals surface area contributed by atoms with E-state index >= 15 is 0 Å². The number of nitrogens with zero attached hydrogens (tertiary/aromatic N) is 1. The Kier molecular flexibility index (Phi) is 5.49. The third-order valence-corrected chi connectivity index (χ3v) is 3.69. The van der Waals surface area contributed by atoms with Gasteiger partial charge in [-0.3, -0.25) is 4.79 Å². The summed E-state index contributed by atoms with van der Waals surface area (Å²) in [6.07, 6.45) is -4.49. The molecule has 0 unspecified atom stereocenters. The average Bonchev–Trinajstić information content (AvgIpc) is 2.55. The summed E-state index contributed by atoms with van der Waals surface area (Å²) >= 11 is 3.22. The molecule has 4 nitrogen and oxygen atoms in total. The number of rotatable bonds is 3. The summed E-state index contributed by atoms with van der Waals surface area (Å²) in [6.45, 7) is 0. The van der Waals surface area contributed by atoms with Crippen molar-refractivity contribution in [2.45, 2.75) is 6.18 Å². The first-order valence-corrected chi connectivity index (χ1v) is 7.59. The zero-order chi connectivity index (χ0) is 18.6. The molecule has 0 aromatic heterocycles. The topological polar surface area (TPSA) is 73.1 Å². The highest BCUT2D eigenvalue weighted by Crippen LogP contribution is 2.30. The van der Waals surface area contributed by atoms with E-state index in [1.54, 1.807) is 18.2 Å². The maximum Gasteiger partial charge on any atom is 0.416 e. The van der Waals surface area contributed by atoms with Crippen LogP contribution in [0.15, 0.2) is 58.6 Å². The lowest BCUT2D eigenvalue weighted by molar-refractivity contribution is -0.137. The molecule has 0 bridgehead atoms. The smallest absolute Gasteiger partial charge is 0.416 e. The Morgan fingerprint density at radius 3 is 2.12 bits per heavy atom. The maximum atomic E-state index is 12.5. The number of halogens is 4. The van der Waals surface area contributed by atoms with Crippen LogP contribution >= 0.6 is 15.9 Å². The molecule has 0 atom stereocenters. The van der Waals surface area contributed by atoms with Crippen molar-refractivity contribution < 1.29 is 23.1 Å². The predicted molar refractivity (Wildman–Crippen MR) is 89.4 cm³/mol. The lowest BCUT2D eigenvalue weighted by Crippen LogP contribution is -2.15. The summed E-state index contributed by atoms with van der Waals surface area (Å²) in [5, 5.41) is 21.5. The number of anilines is 1. The second kappa shape index (κ2) is 7.40. The number of nitrogens with one attached hydrogen (secondary N) is 1. The fourth-order valence-electron chi connectivity index (χ4n) is 1.90. The van der Waals surface area contributed by atoms with Gasteiger partial charge in [0.05, 0.1) is 5.56 Å². The number of benzene rings is 2. The van der Waals surface area contributed by atoms with Crippen LogP contribution in [0.4, 0.5) is 18.9 Å². The Morgan fingerprint density at radius 1 is 1.08 bits per heavy atom. The van der Waals surface area contributed by atoms with Gasteiger partial charge in [-0.25, -0.2) is 0 Å². The largest absolute Gasteiger partial charge is 0.506 e. The predicted octanol–water partition coefficient (Wildman–Crippen LogP) is 4.90. The summed E-state index contributed by atoms with van der Waals surface area (Å²) in [7, 11) is 0. The van der Waals surface area contributed by atoms with E-state index < -0.39 is 29.0 Å². The molecule has 2 aromatic carbocycles. The molecule has 2 rings (SSSR count). The summed E-state index contributed by atoms with van der Waals surface area (Å²) in [5.41, 5.74) is -1.10. The SMILES string of the molecule is N#C/C(C(=O)Nc1ccc(C(F)(F)F)cc1)=C(/O)c1ccc(Br)cc1. The Labute approximate surface area is 149 Å². The zero-order valence-electron chi connectivity index (χ0n) is 12.4. The van der Waals surface area contributed by atoms with Crippen LogP contribution in [0.2, 0.25) is 0 Å². The molecule has 0 aliphatic carbocycles. The second-order valence-corrected chi connectivity index (χ2v) is 5.79. The minimum Gasteiger partial charge on any atom is -0.506 e. The van der Waals surface area contributed by atoms with Gasteiger partial charge in [0, 0.05) is 15.7 Å². The molecule has 0 aliphatic rings. The molecule has 0 saturated carbocycles. The highest BCUT2D eigenvalue weighted by Gasteiger charge is 2.30. The van der Waals surface area contributed by atoms with Crippen molar-refractivity contribution in [1.82, 2.24) is 0 Å². The lowest BCUT2D eigenvalue weighted by Gasteiger charge is -2.09. The van der Waals surface area contributed by atoms with Crippen LogP contribution < -0.4 is 5.32 Å². The first-order chi connectivity index (χ1) is 11.7. The van der Waals surface area contributed by atoms with E-state index in [1.807, 2.05) is 0 Å². The van der Waals surface area contributed by atoms with Gasteiger partial charge in [0.1, 0.15) is 11.8 Å². The molecule has 8 heteroatoms. The van der Waals surface area contributed by atoms with Crippen molar-refractivity contribution in [2.75, 3.05) is 5.32 Å². The van der Waals surface area contributed by atoms with Crippen LogP contribution in [-0.4, -0.2) is 11.0 Å². The summed E-state index contributed by atoms with van der Waals surface area (Å²) < 4.78 is 38.3. The fourth-order valence-corrected chi connectivity index (χ4v) is 2.16. The summed E-state index contributed by atoms with van der Waals surface area (Å²) in [5.74, 6) is -1.46. The number of amides is 1. The van der Waals surface area contributed by atoms with E-state index in [0.717, 1.165) is 28.7 Å². The van der Waals surface area contributed by atoms with Crippen molar-refractivity contribution >= 4 is 33.3 Å². The van der Waals surface area contributed by atoms with Gasteiger partial charge in [0.15, 0.2) is 5.57 Å². The Balaban J connectivity index is 2.24. The van der Waals surface area contributed by atoms with Gasteiger partial charge in [-0.1, -0.05) is 28.1 Å². The van der Waals surface area contributed by atoms with Gasteiger partial charge in [-0.15, -0.1) is 0 Å². The molecule has 128 valence electrons. The molecule has 0 aliphatic heterocycles. The van der Waals surface area contributed by atoms with Gasteiger partial charge in [0.25, 0.3) is 5.91 Å².